The monoisotopic (exact) mass is 302 g/mol. The zero-order chi connectivity index (χ0) is 14.8. The van der Waals surface area contributed by atoms with Gasteiger partial charge in [-0.2, -0.15) is 0 Å². The number of aromatic hydroxyl groups is 1. The first-order valence-corrected chi connectivity index (χ1v) is 7.14. The standard InChI is InChI=1S/C16H15ClN2O2/c17-14-8-11(4-5-15(14)20)19-16(21)13-3-1-2-10-9-18-7-6-12(10)13/h1-5,8,18,20H,6-7,9H2,(H,19,21). The van der Waals surface area contributed by atoms with E-state index in [4.69, 9.17) is 11.6 Å². The quantitative estimate of drug-likeness (QED) is 0.748. The molecule has 1 aliphatic heterocycles. The van der Waals surface area contributed by atoms with Crippen LogP contribution < -0.4 is 10.6 Å². The van der Waals surface area contributed by atoms with Crippen molar-refractivity contribution >= 4 is 23.2 Å². The molecule has 0 radical (unpaired) electrons. The maximum absolute atomic E-state index is 12.4. The van der Waals surface area contributed by atoms with Crippen molar-refractivity contribution in [3.05, 3.63) is 58.1 Å². The molecular weight excluding hydrogens is 288 g/mol. The molecule has 0 saturated heterocycles. The van der Waals surface area contributed by atoms with Gasteiger partial charge in [-0.25, -0.2) is 0 Å². The Morgan fingerprint density at radius 2 is 2.14 bits per heavy atom. The fourth-order valence-electron chi connectivity index (χ4n) is 2.53. The SMILES string of the molecule is O=C(Nc1ccc(O)c(Cl)c1)c1cccc2c1CCNC2. The number of nitrogens with one attached hydrogen (secondary N) is 2. The van der Waals surface area contributed by atoms with Gasteiger partial charge in [-0.3, -0.25) is 4.79 Å². The second kappa shape index (κ2) is 5.76. The average molecular weight is 303 g/mol. The van der Waals surface area contributed by atoms with E-state index in [1.165, 1.54) is 12.1 Å². The number of amides is 1. The number of fused-ring (bicyclic) bond motifs is 1. The van der Waals surface area contributed by atoms with Gasteiger partial charge >= 0.3 is 0 Å². The molecular formula is C16H15ClN2O2. The van der Waals surface area contributed by atoms with Gasteiger partial charge in [0, 0.05) is 17.8 Å². The van der Waals surface area contributed by atoms with E-state index in [9.17, 15) is 9.90 Å². The lowest BCUT2D eigenvalue weighted by atomic mass is 9.95. The Kier molecular flexibility index (Phi) is 3.82. The third kappa shape index (κ3) is 2.86. The second-order valence-corrected chi connectivity index (χ2v) is 5.40. The molecule has 1 heterocycles. The van der Waals surface area contributed by atoms with E-state index in [0.717, 1.165) is 30.6 Å². The zero-order valence-corrected chi connectivity index (χ0v) is 12.1. The van der Waals surface area contributed by atoms with Crippen molar-refractivity contribution in [3.63, 3.8) is 0 Å². The number of phenols is 1. The van der Waals surface area contributed by atoms with E-state index in [0.29, 0.717) is 11.3 Å². The number of phenolic OH excluding ortho intramolecular Hbond substituents is 1. The molecule has 0 unspecified atom stereocenters. The van der Waals surface area contributed by atoms with Crippen LogP contribution in [0.1, 0.15) is 21.5 Å². The van der Waals surface area contributed by atoms with Gasteiger partial charge in [-0.1, -0.05) is 23.7 Å². The smallest absolute Gasteiger partial charge is 0.255 e. The van der Waals surface area contributed by atoms with Crippen molar-refractivity contribution in [2.45, 2.75) is 13.0 Å². The Bertz CT molecular complexity index is 701. The minimum Gasteiger partial charge on any atom is -0.506 e. The van der Waals surface area contributed by atoms with Gasteiger partial charge in [0.05, 0.1) is 5.02 Å². The molecule has 0 aliphatic carbocycles. The molecule has 2 aromatic rings. The Balaban J connectivity index is 1.87. The van der Waals surface area contributed by atoms with Gasteiger partial charge < -0.3 is 15.7 Å². The first-order chi connectivity index (χ1) is 10.1. The molecule has 0 aromatic heterocycles. The highest BCUT2D eigenvalue weighted by molar-refractivity contribution is 6.32. The lowest BCUT2D eigenvalue weighted by molar-refractivity contribution is 0.102. The number of hydrogen-bond acceptors (Lipinski definition) is 3. The van der Waals surface area contributed by atoms with Crippen LogP contribution in [-0.4, -0.2) is 17.6 Å². The van der Waals surface area contributed by atoms with Crippen molar-refractivity contribution in [2.24, 2.45) is 0 Å². The van der Waals surface area contributed by atoms with Crippen LogP contribution in [-0.2, 0) is 13.0 Å². The zero-order valence-electron chi connectivity index (χ0n) is 11.3. The maximum Gasteiger partial charge on any atom is 0.255 e. The van der Waals surface area contributed by atoms with Crippen LogP contribution in [0.4, 0.5) is 5.69 Å². The van der Waals surface area contributed by atoms with Crippen LogP contribution in [0.5, 0.6) is 5.75 Å². The number of rotatable bonds is 2. The van der Waals surface area contributed by atoms with E-state index in [1.54, 1.807) is 6.07 Å². The summed E-state index contributed by atoms with van der Waals surface area (Å²) in [5.41, 5.74) is 3.52. The fourth-order valence-corrected chi connectivity index (χ4v) is 2.71. The lowest BCUT2D eigenvalue weighted by Gasteiger charge is -2.20. The Labute approximate surface area is 127 Å². The van der Waals surface area contributed by atoms with Gasteiger partial charge in [0.15, 0.2) is 0 Å². The number of halogens is 1. The summed E-state index contributed by atoms with van der Waals surface area (Å²) in [6.45, 7) is 1.67. The summed E-state index contributed by atoms with van der Waals surface area (Å²) in [6.07, 6.45) is 0.843. The summed E-state index contributed by atoms with van der Waals surface area (Å²) >= 11 is 5.85. The average Bonchev–Trinajstić information content (AvgIpc) is 2.50. The molecule has 0 bridgehead atoms. The van der Waals surface area contributed by atoms with Gasteiger partial charge in [0.1, 0.15) is 5.75 Å². The third-order valence-electron chi connectivity index (χ3n) is 3.59. The number of benzene rings is 2. The van der Waals surface area contributed by atoms with Crippen LogP contribution in [0.2, 0.25) is 5.02 Å². The van der Waals surface area contributed by atoms with Gasteiger partial charge in [-0.15, -0.1) is 0 Å². The molecule has 21 heavy (non-hydrogen) atoms. The molecule has 0 saturated carbocycles. The number of anilines is 1. The highest BCUT2D eigenvalue weighted by Gasteiger charge is 2.17. The Morgan fingerprint density at radius 1 is 1.29 bits per heavy atom. The predicted octanol–water partition coefficient (Wildman–Crippen LogP) is 2.94. The lowest BCUT2D eigenvalue weighted by Crippen LogP contribution is -2.26. The van der Waals surface area contributed by atoms with Gasteiger partial charge in [0.25, 0.3) is 5.91 Å². The Hall–Kier alpha value is -2.04. The van der Waals surface area contributed by atoms with Crippen LogP contribution >= 0.6 is 11.6 Å². The van der Waals surface area contributed by atoms with Crippen molar-refractivity contribution in [2.75, 3.05) is 11.9 Å². The summed E-state index contributed by atoms with van der Waals surface area (Å²) in [4.78, 5) is 12.4. The molecule has 0 atom stereocenters. The van der Waals surface area contributed by atoms with Crippen molar-refractivity contribution < 1.29 is 9.90 Å². The maximum atomic E-state index is 12.4. The second-order valence-electron chi connectivity index (χ2n) is 4.99. The number of carbonyl (C=O) groups is 1. The van der Waals surface area contributed by atoms with Gasteiger partial charge in [-0.05, 0) is 48.4 Å². The first-order valence-electron chi connectivity index (χ1n) is 6.76. The summed E-state index contributed by atoms with van der Waals surface area (Å²) in [5, 5.41) is 15.7. The molecule has 2 aromatic carbocycles. The first kappa shape index (κ1) is 13.9. The minimum absolute atomic E-state index is 0.00201. The van der Waals surface area contributed by atoms with E-state index in [1.807, 2.05) is 18.2 Å². The van der Waals surface area contributed by atoms with Crippen LogP contribution in [0.3, 0.4) is 0 Å². The van der Waals surface area contributed by atoms with E-state index < -0.39 is 0 Å². The van der Waals surface area contributed by atoms with Crippen molar-refractivity contribution in [1.29, 1.82) is 0 Å². The van der Waals surface area contributed by atoms with E-state index >= 15 is 0 Å². The summed E-state index contributed by atoms with van der Waals surface area (Å²) in [7, 11) is 0. The molecule has 108 valence electrons. The summed E-state index contributed by atoms with van der Waals surface area (Å²) < 4.78 is 0. The largest absolute Gasteiger partial charge is 0.506 e. The van der Waals surface area contributed by atoms with E-state index in [-0.39, 0.29) is 16.7 Å². The Morgan fingerprint density at radius 3 is 2.95 bits per heavy atom. The fraction of sp³-hybridized carbons (Fsp3) is 0.188. The van der Waals surface area contributed by atoms with Crippen LogP contribution in [0.25, 0.3) is 0 Å². The number of hydrogen-bond donors (Lipinski definition) is 3. The van der Waals surface area contributed by atoms with Crippen LogP contribution in [0, 0.1) is 0 Å². The molecule has 1 aliphatic rings. The summed E-state index contributed by atoms with van der Waals surface area (Å²) in [6, 6.07) is 10.4. The molecule has 0 spiro atoms. The number of carbonyl (C=O) groups excluding carboxylic acids is 1. The molecule has 5 heteroatoms. The highest BCUT2D eigenvalue weighted by Crippen LogP contribution is 2.27. The molecule has 0 fully saturated rings. The predicted molar refractivity (Wildman–Crippen MR) is 82.9 cm³/mol. The molecule has 3 N–H and O–H groups in total. The highest BCUT2D eigenvalue weighted by atomic mass is 35.5. The van der Waals surface area contributed by atoms with Crippen LogP contribution in [0.15, 0.2) is 36.4 Å². The van der Waals surface area contributed by atoms with Crippen molar-refractivity contribution in [1.82, 2.24) is 5.32 Å². The minimum atomic E-state index is -0.157. The molecule has 4 nitrogen and oxygen atoms in total. The third-order valence-corrected chi connectivity index (χ3v) is 3.89. The molecule has 3 rings (SSSR count). The molecule has 1 amide bonds. The topological polar surface area (TPSA) is 61.4 Å². The van der Waals surface area contributed by atoms with Gasteiger partial charge in [0.2, 0.25) is 0 Å². The normalized spacial score (nSPS) is 13.6. The van der Waals surface area contributed by atoms with Crippen molar-refractivity contribution in [3.8, 4) is 5.75 Å². The van der Waals surface area contributed by atoms with E-state index in [2.05, 4.69) is 10.6 Å². The summed E-state index contributed by atoms with van der Waals surface area (Å²) in [5.74, 6) is -0.159.